The predicted octanol–water partition coefficient (Wildman–Crippen LogP) is 4.76. The van der Waals surface area contributed by atoms with Gasteiger partial charge in [0.05, 0.1) is 6.54 Å². The highest BCUT2D eigenvalue weighted by Gasteiger charge is 2.23. The SMILES string of the molecule is CCc1ccc(NC(=O)N(CC(=O)N(Cc2cccn2C)CC(C)C)CC(C)C)cc1. The van der Waals surface area contributed by atoms with Crippen LogP contribution in [0.5, 0.6) is 0 Å². The van der Waals surface area contributed by atoms with Gasteiger partial charge in [-0.3, -0.25) is 4.79 Å². The van der Waals surface area contributed by atoms with Gasteiger partial charge in [0.25, 0.3) is 0 Å². The summed E-state index contributed by atoms with van der Waals surface area (Å²) in [6.45, 7) is 12.2. The first kappa shape index (κ1) is 24.5. The molecule has 170 valence electrons. The Morgan fingerprint density at radius 1 is 0.968 bits per heavy atom. The number of carbonyl (C=O) groups is 2. The third-order valence-corrected chi connectivity index (χ3v) is 5.15. The van der Waals surface area contributed by atoms with Gasteiger partial charge in [-0.05, 0) is 48.1 Å². The molecule has 0 fully saturated rings. The molecule has 0 saturated heterocycles. The van der Waals surface area contributed by atoms with Crippen LogP contribution in [0.3, 0.4) is 0 Å². The van der Waals surface area contributed by atoms with Crippen molar-refractivity contribution < 1.29 is 9.59 Å². The first-order valence-corrected chi connectivity index (χ1v) is 11.2. The topological polar surface area (TPSA) is 57.6 Å². The van der Waals surface area contributed by atoms with E-state index in [1.54, 1.807) is 4.90 Å². The van der Waals surface area contributed by atoms with Crippen LogP contribution in [0.15, 0.2) is 42.6 Å². The van der Waals surface area contributed by atoms with Crippen molar-refractivity contribution in [1.29, 1.82) is 0 Å². The van der Waals surface area contributed by atoms with E-state index in [9.17, 15) is 9.59 Å². The van der Waals surface area contributed by atoms with Crippen LogP contribution in [0.4, 0.5) is 10.5 Å². The van der Waals surface area contributed by atoms with Crippen LogP contribution in [0.2, 0.25) is 0 Å². The Kier molecular flexibility index (Phi) is 9.16. The maximum Gasteiger partial charge on any atom is 0.322 e. The molecule has 2 aromatic rings. The molecule has 0 bridgehead atoms. The third-order valence-electron chi connectivity index (χ3n) is 5.15. The summed E-state index contributed by atoms with van der Waals surface area (Å²) in [5, 5.41) is 2.95. The van der Waals surface area contributed by atoms with Crippen LogP contribution < -0.4 is 5.32 Å². The standard InChI is InChI=1S/C25H38N4O2/c1-7-21-10-12-22(13-11-21)26-25(31)29(16-20(4)5)18-24(30)28(15-19(2)3)17-23-9-8-14-27(23)6/h8-14,19-20H,7,15-18H2,1-6H3,(H,26,31). The molecule has 1 aromatic carbocycles. The van der Waals surface area contributed by atoms with Crippen LogP contribution in [-0.2, 0) is 24.8 Å². The average molecular weight is 427 g/mol. The second-order valence-corrected chi connectivity index (χ2v) is 9.03. The number of hydrogen-bond acceptors (Lipinski definition) is 2. The van der Waals surface area contributed by atoms with Gasteiger partial charge in [-0.25, -0.2) is 4.79 Å². The second kappa shape index (κ2) is 11.6. The molecule has 0 radical (unpaired) electrons. The molecule has 1 N–H and O–H groups in total. The van der Waals surface area contributed by atoms with Crippen molar-refractivity contribution in [3.63, 3.8) is 0 Å². The number of amides is 3. The van der Waals surface area contributed by atoms with Crippen molar-refractivity contribution in [1.82, 2.24) is 14.4 Å². The summed E-state index contributed by atoms with van der Waals surface area (Å²) in [6, 6.07) is 11.6. The molecule has 3 amide bonds. The molecule has 0 unspecified atom stereocenters. The lowest BCUT2D eigenvalue weighted by Gasteiger charge is -2.30. The molecular formula is C25H38N4O2. The number of nitrogens with one attached hydrogen (secondary N) is 1. The number of urea groups is 1. The summed E-state index contributed by atoms with van der Waals surface area (Å²) in [6.07, 6.45) is 2.94. The largest absolute Gasteiger partial charge is 0.353 e. The highest BCUT2D eigenvalue weighted by atomic mass is 16.2. The van der Waals surface area contributed by atoms with E-state index in [1.807, 2.05) is 59.1 Å². The van der Waals surface area contributed by atoms with E-state index >= 15 is 0 Å². The molecular weight excluding hydrogens is 388 g/mol. The summed E-state index contributed by atoms with van der Waals surface area (Å²) < 4.78 is 2.03. The van der Waals surface area contributed by atoms with Gasteiger partial charge < -0.3 is 19.7 Å². The Morgan fingerprint density at radius 3 is 2.10 bits per heavy atom. The number of benzene rings is 1. The molecule has 2 rings (SSSR count). The van der Waals surface area contributed by atoms with Crippen molar-refractivity contribution in [3.05, 3.63) is 53.9 Å². The molecule has 0 atom stereocenters. The highest BCUT2D eigenvalue weighted by molar-refractivity contribution is 5.92. The zero-order valence-electron chi connectivity index (χ0n) is 19.9. The number of aryl methyl sites for hydroxylation is 2. The predicted molar refractivity (Wildman–Crippen MR) is 127 cm³/mol. The Morgan fingerprint density at radius 2 is 1.58 bits per heavy atom. The van der Waals surface area contributed by atoms with Crippen molar-refractivity contribution in [3.8, 4) is 0 Å². The van der Waals surface area contributed by atoms with Gasteiger partial charge in [0, 0.05) is 37.7 Å². The Balaban J connectivity index is 2.12. The van der Waals surface area contributed by atoms with Crippen LogP contribution >= 0.6 is 0 Å². The molecule has 0 aliphatic rings. The van der Waals surface area contributed by atoms with Gasteiger partial charge in [-0.1, -0.05) is 46.8 Å². The van der Waals surface area contributed by atoms with E-state index in [4.69, 9.17) is 0 Å². The smallest absolute Gasteiger partial charge is 0.322 e. The molecule has 31 heavy (non-hydrogen) atoms. The first-order chi connectivity index (χ1) is 14.7. The normalized spacial score (nSPS) is 11.1. The Bertz CT molecular complexity index is 839. The number of hydrogen-bond donors (Lipinski definition) is 1. The number of aromatic nitrogens is 1. The minimum atomic E-state index is -0.241. The number of anilines is 1. The van der Waals surface area contributed by atoms with Crippen LogP contribution in [0, 0.1) is 11.8 Å². The van der Waals surface area contributed by atoms with Crippen LogP contribution in [0.25, 0.3) is 0 Å². The van der Waals surface area contributed by atoms with Crippen molar-refractivity contribution >= 4 is 17.6 Å². The zero-order valence-corrected chi connectivity index (χ0v) is 19.9. The Hall–Kier alpha value is -2.76. The minimum Gasteiger partial charge on any atom is -0.353 e. The molecule has 1 heterocycles. The lowest BCUT2D eigenvalue weighted by Crippen LogP contribution is -2.46. The quantitative estimate of drug-likeness (QED) is 0.595. The van der Waals surface area contributed by atoms with E-state index in [-0.39, 0.29) is 24.4 Å². The molecule has 1 aromatic heterocycles. The summed E-state index contributed by atoms with van der Waals surface area (Å²) >= 11 is 0. The molecule has 0 aliphatic carbocycles. The van der Waals surface area contributed by atoms with Gasteiger partial charge >= 0.3 is 6.03 Å². The van der Waals surface area contributed by atoms with Gasteiger partial charge in [-0.2, -0.15) is 0 Å². The van der Waals surface area contributed by atoms with Crippen LogP contribution in [0.1, 0.15) is 45.9 Å². The van der Waals surface area contributed by atoms with E-state index in [2.05, 4.69) is 39.9 Å². The number of nitrogens with zero attached hydrogens (tertiary/aromatic N) is 3. The Labute approximate surface area is 187 Å². The van der Waals surface area contributed by atoms with Gasteiger partial charge in [0.1, 0.15) is 6.54 Å². The molecule has 0 spiro atoms. The zero-order chi connectivity index (χ0) is 23.0. The fourth-order valence-corrected chi connectivity index (χ4v) is 3.50. The number of carbonyl (C=O) groups excluding carboxylic acids is 2. The summed E-state index contributed by atoms with van der Waals surface area (Å²) in [7, 11) is 1.98. The van der Waals surface area contributed by atoms with E-state index in [1.165, 1.54) is 5.56 Å². The van der Waals surface area contributed by atoms with E-state index < -0.39 is 0 Å². The minimum absolute atomic E-state index is 0.0352. The number of rotatable bonds is 10. The van der Waals surface area contributed by atoms with Gasteiger partial charge in [-0.15, -0.1) is 0 Å². The van der Waals surface area contributed by atoms with E-state index in [0.29, 0.717) is 25.6 Å². The van der Waals surface area contributed by atoms with Crippen molar-refractivity contribution in [2.75, 3.05) is 25.0 Å². The maximum atomic E-state index is 13.2. The molecule has 0 aliphatic heterocycles. The van der Waals surface area contributed by atoms with Crippen molar-refractivity contribution in [2.45, 2.75) is 47.6 Å². The summed E-state index contributed by atoms with van der Waals surface area (Å²) in [5.41, 5.74) is 3.04. The summed E-state index contributed by atoms with van der Waals surface area (Å²) in [5.74, 6) is 0.563. The van der Waals surface area contributed by atoms with Gasteiger partial charge in [0.15, 0.2) is 0 Å². The lowest BCUT2D eigenvalue weighted by molar-refractivity contribution is -0.133. The molecule has 6 heteroatoms. The fraction of sp³-hybridized carbons (Fsp3) is 0.520. The average Bonchev–Trinajstić information content (AvgIpc) is 3.11. The second-order valence-electron chi connectivity index (χ2n) is 9.03. The maximum absolute atomic E-state index is 13.2. The van der Waals surface area contributed by atoms with E-state index in [0.717, 1.165) is 17.8 Å². The van der Waals surface area contributed by atoms with Gasteiger partial charge in [0.2, 0.25) is 5.91 Å². The lowest BCUT2D eigenvalue weighted by atomic mass is 10.1. The monoisotopic (exact) mass is 426 g/mol. The first-order valence-electron chi connectivity index (χ1n) is 11.2. The third kappa shape index (κ3) is 7.78. The van der Waals surface area contributed by atoms with Crippen LogP contribution in [-0.4, -0.2) is 45.9 Å². The molecule has 0 saturated carbocycles. The van der Waals surface area contributed by atoms with Crippen molar-refractivity contribution in [2.24, 2.45) is 18.9 Å². The highest BCUT2D eigenvalue weighted by Crippen LogP contribution is 2.13. The fourth-order valence-electron chi connectivity index (χ4n) is 3.50. The molecule has 6 nitrogen and oxygen atoms in total. The summed E-state index contributed by atoms with van der Waals surface area (Å²) in [4.78, 5) is 29.7.